The van der Waals surface area contributed by atoms with E-state index >= 15 is 0 Å². The summed E-state index contributed by atoms with van der Waals surface area (Å²) in [5, 5.41) is -0.327. The van der Waals surface area contributed by atoms with E-state index < -0.39 is 0 Å². The molecule has 0 aromatic heterocycles. The van der Waals surface area contributed by atoms with Crippen molar-refractivity contribution in [3.05, 3.63) is 98.6 Å². The second-order valence-corrected chi connectivity index (χ2v) is 9.00. The Kier molecular flexibility index (Phi) is 7.15. The topological polar surface area (TPSA) is 55.8 Å². The lowest BCUT2D eigenvalue weighted by atomic mass is 10.1. The van der Waals surface area contributed by atoms with Gasteiger partial charge in [-0.3, -0.25) is 14.5 Å². The maximum absolute atomic E-state index is 13.9. The first-order valence-corrected chi connectivity index (χ1v) is 11.6. The van der Waals surface area contributed by atoms with E-state index in [4.69, 9.17) is 9.47 Å². The number of hydrogen-bond donors (Lipinski definition) is 0. The van der Waals surface area contributed by atoms with E-state index in [-0.39, 0.29) is 30.1 Å². The van der Waals surface area contributed by atoms with E-state index in [2.05, 4.69) is 15.9 Å². The number of halogens is 2. The number of methoxy groups -OCH3 is 1. The van der Waals surface area contributed by atoms with Gasteiger partial charge in [-0.05, 0) is 53.2 Å². The average Bonchev–Trinajstić information content (AvgIpc) is 3.07. The molecular formula is C25H19BrFNO4S. The normalized spacial score (nSPS) is 14.8. The summed E-state index contributed by atoms with van der Waals surface area (Å²) in [6.07, 6.45) is 1.64. The first-order valence-electron chi connectivity index (χ1n) is 9.99. The van der Waals surface area contributed by atoms with Crippen molar-refractivity contribution >= 4 is 44.9 Å². The Morgan fingerprint density at radius 3 is 2.45 bits per heavy atom. The lowest BCUT2D eigenvalue weighted by molar-refractivity contribution is -0.123. The molecule has 5 nitrogen and oxygen atoms in total. The van der Waals surface area contributed by atoms with Gasteiger partial charge in [0.25, 0.3) is 11.1 Å². The zero-order valence-corrected chi connectivity index (χ0v) is 20.0. The lowest BCUT2D eigenvalue weighted by Gasteiger charge is -2.13. The summed E-state index contributed by atoms with van der Waals surface area (Å²) in [6, 6.07) is 19.0. The molecule has 8 heteroatoms. The predicted octanol–water partition coefficient (Wildman–Crippen LogP) is 6.41. The molecule has 0 atom stereocenters. The SMILES string of the molecule is COc1ccc(/C=C2\SC(=O)N(Cc3ccccc3Br)C2=O)cc1OCc1ccccc1F. The number of ether oxygens (including phenoxy) is 2. The molecule has 0 bridgehead atoms. The van der Waals surface area contributed by atoms with Gasteiger partial charge in [-0.25, -0.2) is 4.39 Å². The van der Waals surface area contributed by atoms with Crippen molar-refractivity contribution in [1.29, 1.82) is 0 Å². The Morgan fingerprint density at radius 2 is 1.73 bits per heavy atom. The van der Waals surface area contributed by atoms with E-state index in [1.165, 1.54) is 18.1 Å². The van der Waals surface area contributed by atoms with Crippen molar-refractivity contribution in [2.45, 2.75) is 13.2 Å². The molecule has 168 valence electrons. The molecular weight excluding hydrogens is 509 g/mol. The highest BCUT2D eigenvalue weighted by molar-refractivity contribution is 9.10. The molecule has 1 fully saturated rings. The van der Waals surface area contributed by atoms with Gasteiger partial charge in [0.05, 0.1) is 18.6 Å². The maximum Gasteiger partial charge on any atom is 0.293 e. The summed E-state index contributed by atoms with van der Waals surface area (Å²) in [5.74, 6) is 0.171. The zero-order valence-electron chi connectivity index (χ0n) is 17.6. The molecule has 33 heavy (non-hydrogen) atoms. The van der Waals surface area contributed by atoms with Crippen LogP contribution in [0.15, 0.2) is 76.1 Å². The molecule has 3 aromatic carbocycles. The van der Waals surface area contributed by atoms with Gasteiger partial charge in [-0.1, -0.05) is 58.4 Å². The minimum Gasteiger partial charge on any atom is -0.493 e. The van der Waals surface area contributed by atoms with Crippen LogP contribution in [0.1, 0.15) is 16.7 Å². The van der Waals surface area contributed by atoms with Crippen molar-refractivity contribution < 1.29 is 23.5 Å². The number of hydrogen-bond acceptors (Lipinski definition) is 5. The molecule has 2 amide bonds. The van der Waals surface area contributed by atoms with Crippen molar-refractivity contribution in [2.75, 3.05) is 7.11 Å². The van der Waals surface area contributed by atoms with Crippen LogP contribution < -0.4 is 9.47 Å². The molecule has 1 aliphatic rings. The summed E-state index contributed by atoms with van der Waals surface area (Å²) in [6.45, 7) is 0.206. The molecule has 0 spiro atoms. The molecule has 1 heterocycles. The fourth-order valence-electron chi connectivity index (χ4n) is 3.25. The largest absolute Gasteiger partial charge is 0.493 e. The Hall–Kier alpha value is -3.10. The highest BCUT2D eigenvalue weighted by Gasteiger charge is 2.35. The van der Waals surface area contributed by atoms with Crippen LogP contribution in [0.3, 0.4) is 0 Å². The standard InChI is InChI=1S/C25H19BrFNO4S/c1-31-21-11-10-16(12-22(21)32-15-18-7-3-5-9-20(18)27)13-23-24(29)28(25(30)33-23)14-17-6-2-4-8-19(17)26/h2-13H,14-15H2,1H3/b23-13-. The number of thioether (sulfide) groups is 1. The summed E-state index contributed by atoms with van der Waals surface area (Å²) in [5.41, 5.74) is 1.92. The van der Waals surface area contributed by atoms with Crippen molar-refractivity contribution in [2.24, 2.45) is 0 Å². The monoisotopic (exact) mass is 527 g/mol. The molecule has 0 radical (unpaired) electrons. The molecule has 0 unspecified atom stereocenters. The van der Waals surface area contributed by atoms with Crippen LogP contribution in [0.25, 0.3) is 6.08 Å². The number of rotatable bonds is 7. The smallest absolute Gasteiger partial charge is 0.293 e. The van der Waals surface area contributed by atoms with Crippen molar-refractivity contribution in [3.8, 4) is 11.5 Å². The van der Waals surface area contributed by atoms with Crippen molar-refractivity contribution in [1.82, 2.24) is 4.90 Å². The third kappa shape index (κ3) is 5.29. The van der Waals surface area contributed by atoms with Gasteiger partial charge in [-0.15, -0.1) is 0 Å². The van der Waals surface area contributed by atoms with Crippen LogP contribution in [-0.2, 0) is 17.9 Å². The summed E-state index contributed by atoms with van der Waals surface area (Å²) in [4.78, 5) is 26.9. The fourth-order valence-corrected chi connectivity index (χ4v) is 4.50. The molecule has 4 rings (SSSR count). The van der Waals surface area contributed by atoms with Crippen LogP contribution in [0.2, 0.25) is 0 Å². The molecule has 3 aromatic rings. The van der Waals surface area contributed by atoms with E-state index in [1.807, 2.05) is 24.3 Å². The number of imide groups is 1. The van der Waals surface area contributed by atoms with Gasteiger partial charge < -0.3 is 9.47 Å². The van der Waals surface area contributed by atoms with Gasteiger partial charge in [0, 0.05) is 10.0 Å². The van der Waals surface area contributed by atoms with Gasteiger partial charge >= 0.3 is 0 Å². The van der Waals surface area contributed by atoms with Crippen LogP contribution in [0.4, 0.5) is 9.18 Å². The fraction of sp³-hybridized carbons (Fsp3) is 0.120. The highest BCUT2D eigenvalue weighted by Crippen LogP contribution is 2.36. The maximum atomic E-state index is 13.9. The summed E-state index contributed by atoms with van der Waals surface area (Å²) < 4.78 is 25.9. The zero-order chi connectivity index (χ0) is 23.4. The first kappa shape index (κ1) is 23.1. The Bertz CT molecular complexity index is 1250. The van der Waals surface area contributed by atoms with E-state index in [1.54, 1.807) is 42.5 Å². The number of nitrogens with zero attached hydrogens (tertiary/aromatic N) is 1. The Morgan fingerprint density at radius 1 is 1.00 bits per heavy atom. The van der Waals surface area contributed by atoms with Crippen LogP contribution >= 0.6 is 27.7 Å². The predicted molar refractivity (Wildman–Crippen MR) is 129 cm³/mol. The quantitative estimate of drug-likeness (QED) is 0.332. The first-order chi connectivity index (χ1) is 16.0. The molecule has 1 saturated heterocycles. The van der Waals surface area contributed by atoms with Gasteiger partial charge in [0.2, 0.25) is 0 Å². The van der Waals surface area contributed by atoms with Crippen molar-refractivity contribution in [3.63, 3.8) is 0 Å². The lowest BCUT2D eigenvalue weighted by Crippen LogP contribution is -2.27. The third-order valence-electron chi connectivity index (χ3n) is 4.99. The number of benzene rings is 3. The van der Waals surface area contributed by atoms with Crippen LogP contribution in [-0.4, -0.2) is 23.2 Å². The Balaban J connectivity index is 1.54. The minimum atomic E-state index is -0.356. The van der Waals surface area contributed by atoms with Crippen LogP contribution in [0.5, 0.6) is 11.5 Å². The molecule has 0 saturated carbocycles. The number of amides is 2. The Labute approximate surface area is 203 Å². The molecule has 0 aliphatic carbocycles. The molecule has 1 aliphatic heterocycles. The summed E-state index contributed by atoms with van der Waals surface area (Å²) >= 11 is 4.34. The summed E-state index contributed by atoms with van der Waals surface area (Å²) in [7, 11) is 1.51. The van der Waals surface area contributed by atoms with Gasteiger partial charge in [-0.2, -0.15) is 0 Å². The average molecular weight is 528 g/mol. The second-order valence-electron chi connectivity index (χ2n) is 7.15. The number of carbonyl (C=O) groups is 2. The van der Waals surface area contributed by atoms with E-state index in [0.717, 1.165) is 21.8 Å². The van der Waals surface area contributed by atoms with Gasteiger partial charge in [0.1, 0.15) is 12.4 Å². The van der Waals surface area contributed by atoms with Gasteiger partial charge in [0.15, 0.2) is 11.5 Å². The third-order valence-corrected chi connectivity index (χ3v) is 6.67. The second kappa shape index (κ2) is 10.2. The highest BCUT2D eigenvalue weighted by atomic mass is 79.9. The molecule has 0 N–H and O–H groups in total. The number of carbonyl (C=O) groups excluding carboxylic acids is 2. The van der Waals surface area contributed by atoms with E-state index in [9.17, 15) is 14.0 Å². The van der Waals surface area contributed by atoms with Crippen LogP contribution in [0, 0.1) is 5.82 Å². The van der Waals surface area contributed by atoms with E-state index in [0.29, 0.717) is 27.5 Å². The minimum absolute atomic E-state index is 0.0228.